The number of hydrogen-bond donors (Lipinski definition) is 1. The van der Waals surface area contributed by atoms with Crippen LogP contribution in [0, 0.1) is 3.57 Å². The summed E-state index contributed by atoms with van der Waals surface area (Å²) < 4.78 is 51.9. The third-order valence-corrected chi connectivity index (χ3v) is 2.36. The number of carboxylic acids is 1. The van der Waals surface area contributed by atoms with Gasteiger partial charge in [-0.3, -0.25) is 0 Å². The standard InChI is InChI=1S/C8H4F4INO3/c9-2-5-6(17-8(10,11)12)3(13)1-4(14-5)7(15)16/h1H,2H2,(H,15,16). The molecule has 1 rings (SSSR count). The molecule has 0 radical (unpaired) electrons. The van der Waals surface area contributed by atoms with Crippen molar-refractivity contribution in [1.82, 2.24) is 4.98 Å². The molecule has 0 aliphatic carbocycles. The molecule has 0 amide bonds. The molecule has 0 spiro atoms. The minimum Gasteiger partial charge on any atom is -0.477 e. The Kier molecular flexibility index (Phi) is 4.11. The van der Waals surface area contributed by atoms with Gasteiger partial charge in [0.05, 0.1) is 3.57 Å². The number of ether oxygens (including phenoxy) is 1. The Morgan fingerprint density at radius 2 is 2.12 bits per heavy atom. The summed E-state index contributed by atoms with van der Waals surface area (Å²) in [6.45, 7) is -1.36. The monoisotopic (exact) mass is 365 g/mol. The van der Waals surface area contributed by atoms with Gasteiger partial charge in [-0.15, -0.1) is 13.2 Å². The van der Waals surface area contributed by atoms with Crippen LogP contribution in [0.25, 0.3) is 0 Å². The summed E-state index contributed by atoms with van der Waals surface area (Å²) in [6.07, 6.45) is -4.99. The minimum absolute atomic E-state index is 0.181. The van der Waals surface area contributed by atoms with E-state index in [1.165, 1.54) is 22.6 Å². The van der Waals surface area contributed by atoms with Crippen LogP contribution in [0.5, 0.6) is 5.75 Å². The number of aromatic carboxylic acids is 1. The van der Waals surface area contributed by atoms with Crippen LogP contribution in [-0.4, -0.2) is 22.4 Å². The van der Waals surface area contributed by atoms with Crippen LogP contribution in [-0.2, 0) is 6.67 Å². The molecular formula is C8H4F4INO3. The SMILES string of the molecule is O=C(O)c1cc(I)c(OC(F)(F)F)c(CF)n1. The van der Waals surface area contributed by atoms with Gasteiger partial charge in [0.1, 0.15) is 18.1 Å². The summed E-state index contributed by atoms with van der Waals surface area (Å²) in [7, 11) is 0. The van der Waals surface area contributed by atoms with E-state index in [9.17, 15) is 22.4 Å². The highest BCUT2D eigenvalue weighted by molar-refractivity contribution is 14.1. The van der Waals surface area contributed by atoms with Crippen molar-refractivity contribution in [1.29, 1.82) is 0 Å². The third-order valence-electron chi connectivity index (χ3n) is 1.56. The van der Waals surface area contributed by atoms with E-state index < -0.39 is 36.1 Å². The second-order valence-corrected chi connectivity index (χ2v) is 3.91. The number of aromatic nitrogens is 1. The zero-order chi connectivity index (χ0) is 13.2. The van der Waals surface area contributed by atoms with Crippen molar-refractivity contribution < 1.29 is 32.2 Å². The fraction of sp³-hybridized carbons (Fsp3) is 0.250. The molecule has 0 fully saturated rings. The van der Waals surface area contributed by atoms with Crippen LogP contribution >= 0.6 is 22.6 Å². The zero-order valence-corrected chi connectivity index (χ0v) is 10.0. The fourth-order valence-corrected chi connectivity index (χ4v) is 1.69. The van der Waals surface area contributed by atoms with E-state index in [4.69, 9.17) is 5.11 Å². The smallest absolute Gasteiger partial charge is 0.477 e. The lowest BCUT2D eigenvalue weighted by molar-refractivity contribution is -0.275. The average Bonchev–Trinajstić information content (AvgIpc) is 2.18. The maximum atomic E-state index is 12.5. The molecule has 1 aromatic heterocycles. The van der Waals surface area contributed by atoms with Crippen molar-refractivity contribution >= 4 is 28.6 Å². The molecule has 0 atom stereocenters. The van der Waals surface area contributed by atoms with E-state index in [-0.39, 0.29) is 3.57 Å². The van der Waals surface area contributed by atoms with Gasteiger partial charge in [-0.05, 0) is 28.7 Å². The number of alkyl halides is 4. The van der Waals surface area contributed by atoms with Crippen LogP contribution in [0.4, 0.5) is 17.6 Å². The van der Waals surface area contributed by atoms with Crippen molar-refractivity contribution in [2.24, 2.45) is 0 Å². The predicted molar refractivity (Wildman–Crippen MR) is 55.4 cm³/mol. The van der Waals surface area contributed by atoms with E-state index in [0.717, 1.165) is 6.07 Å². The van der Waals surface area contributed by atoms with Crippen LogP contribution in [0.3, 0.4) is 0 Å². The van der Waals surface area contributed by atoms with Gasteiger partial charge >= 0.3 is 12.3 Å². The summed E-state index contributed by atoms with van der Waals surface area (Å²) >= 11 is 1.41. The summed E-state index contributed by atoms with van der Waals surface area (Å²) in [6, 6.07) is 0.864. The minimum atomic E-state index is -4.99. The zero-order valence-electron chi connectivity index (χ0n) is 7.89. The number of hydrogen-bond acceptors (Lipinski definition) is 3. The van der Waals surface area contributed by atoms with E-state index in [1.807, 2.05) is 0 Å². The maximum Gasteiger partial charge on any atom is 0.573 e. The van der Waals surface area contributed by atoms with Crippen molar-refractivity contribution in [3.63, 3.8) is 0 Å². The number of carbonyl (C=O) groups is 1. The summed E-state index contributed by atoms with van der Waals surface area (Å²) in [5.41, 5.74) is -1.25. The molecule has 0 aliphatic rings. The lowest BCUT2D eigenvalue weighted by Crippen LogP contribution is -2.20. The van der Waals surface area contributed by atoms with E-state index in [0.29, 0.717) is 0 Å². The lowest BCUT2D eigenvalue weighted by Gasteiger charge is -2.13. The van der Waals surface area contributed by atoms with Crippen molar-refractivity contribution in [2.45, 2.75) is 13.0 Å². The first-order valence-electron chi connectivity index (χ1n) is 3.99. The molecule has 17 heavy (non-hydrogen) atoms. The molecule has 94 valence electrons. The highest BCUT2D eigenvalue weighted by atomic mass is 127. The molecule has 1 aromatic rings. The van der Waals surface area contributed by atoms with Crippen LogP contribution < -0.4 is 4.74 Å². The molecule has 9 heteroatoms. The molecule has 0 aliphatic heterocycles. The van der Waals surface area contributed by atoms with Crippen LogP contribution in [0.1, 0.15) is 16.2 Å². The first kappa shape index (κ1) is 13.9. The maximum absolute atomic E-state index is 12.5. The molecule has 4 nitrogen and oxygen atoms in total. The van der Waals surface area contributed by atoms with Crippen molar-refractivity contribution in [3.05, 3.63) is 21.0 Å². The van der Waals surface area contributed by atoms with Crippen LogP contribution in [0.2, 0.25) is 0 Å². The molecule has 1 N–H and O–H groups in total. The van der Waals surface area contributed by atoms with E-state index in [2.05, 4.69) is 9.72 Å². The molecule has 1 heterocycles. The number of pyridine rings is 1. The second kappa shape index (κ2) is 5.02. The Morgan fingerprint density at radius 3 is 2.53 bits per heavy atom. The first-order valence-corrected chi connectivity index (χ1v) is 5.07. The van der Waals surface area contributed by atoms with Gasteiger partial charge in [0.2, 0.25) is 0 Å². The molecular weight excluding hydrogens is 361 g/mol. The van der Waals surface area contributed by atoms with E-state index >= 15 is 0 Å². The summed E-state index contributed by atoms with van der Waals surface area (Å²) in [5, 5.41) is 8.60. The highest BCUT2D eigenvalue weighted by Gasteiger charge is 2.34. The second-order valence-electron chi connectivity index (χ2n) is 2.75. The predicted octanol–water partition coefficient (Wildman–Crippen LogP) is 2.75. The number of halogens is 5. The largest absolute Gasteiger partial charge is 0.573 e. The van der Waals surface area contributed by atoms with Crippen molar-refractivity contribution in [3.8, 4) is 5.75 Å². The van der Waals surface area contributed by atoms with E-state index in [1.54, 1.807) is 0 Å². The number of carboxylic acid groups (broad SMARTS) is 1. The quantitative estimate of drug-likeness (QED) is 0.661. The van der Waals surface area contributed by atoms with Gasteiger partial charge in [-0.2, -0.15) is 0 Å². The Bertz CT molecular complexity index is 449. The molecule has 0 bridgehead atoms. The highest BCUT2D eigenvalue weighted by Crippen LogP contribution is 2.31. The Hall–Kier alpha value is -1.13. The molecule has 0 unspecified atom stereocenters. The molecule has 0 saturated heterocycles. The van der Waals surface area contributed by atoms with Gasteiger partial charge in [0, 0.05) is 0 Å². The van der Waals surface area contributed by atoms with Gasteiger partial charge in [-0.25, -0.2) is 14.2 Å². The topological polar surface area (TPSA) is 59.4 Å². The molecule has 0 aromatic carbocycles. The van der Waals surface area contributed by atoms with Gasteiger partial charge < -0.3 is 9.84 Å². The Morgan fingerprint density at radius 1 is 1.53 bits per heavy atom. The average molecular weight is 365 g/mol. The first-order chi connectivity index (χ1) is 7.74. The van der Waals surface area contributed by atoms with Gasteiger partial charge in [-0.1, -0.05) is 0 Å². The van der Waals surface area contributed by atoms with Gasteiger partial charge in [0.25, 0.3) is 0 Å². The number of rotatable bonds is 3. The Labute approximate surface area is 106 Å². The molecule has 0 saturated carbocycles. The fourth-order valence-electron chi connectivity index (χ4n) is 0.975. The Balaban J connectivity index is 3.26. The summed E-state index contributed by atoms with van der Waals surface area (Å²) in [4.78, 5) is 13.8. The van der Waals surface area contributed by atoms with Crippen LogP contribution in [0.15, 0.2) is 6.07 Å². The third kappa shape index (κ3) is 3.68. The van der Waals surface area contributed by atoms with Gasteiger partial charge in [0.15, 0.2) is 5.75 Å². The summed E-state index contributed by atoms with van der Waals surface area (Å²) in [5.74, 6) is -2.28. The number of nitrogens with zero attached hydrogens (tertiary/aromatic N) is 1. The normalized spacial score (nSPS) is 11.4. The lowest BCUT2D eigenvalue weighted by atomic mass is 10.3. The van der Waals surface area contributed by atoms with Crippen molar-refractivity contribution in [2.75, 3.05) is 0 Å².